The molecule has 0 spiro atoms. The number of benzene rings is 2. The van der Waals surface area contributed by atoms with Gasteiger partial charge in [0.05, 0.1) is 15.9 Å². The van der Waals surface area contributed by atoms with Crippen LogP contribution >= 0.6 is 34.4 Å². The molecule has 3 heterocycles. The van der Waals surface area contributed by atoms with Crippen molar-refractivity contribution in [2.75, 3.05) is 0 Å². The van der Waals surface area contributed by atoms with Crippen LogP contribution in [-0.2, 0) is 5.41 Å². The Hall–Kier alpha value is -2.21. The highest BCUT2D eigenvalue weighted by Gasteiger charge is 2.20. The molecule has 144 valence electrons. The highest BCUT2D eigenvalue weighted by atomic mass is 32.2. The van der Waals surface area contributed by atoms with E-state index in [1.807, 2.05) is 5.41 Å². The van der Waals surface area contributed by atoms with Gasteiger partial charge in [-0.15, -0.1) is 22.7 Å². The molecular formula is C24H20N2S3. The number of aromatic nitrogens is 2. The third kappa shape index (κ3) is 3.18. The average molecular weight is 433 g/mol. The van der Waals surface area contributed by atoms with E-state index >= 15 is 0 Å². The summed E-state index contributed by atoms with van der Waals surface area (Å²) in [6.45, 7) is 10.6. The third-order valence-electron chi connectivity index (χ3n) is 5.10. The summed E-state index contributed by atoms with van der Waals surface area (Å²) < 4.78 is 3.75. The molecule has 0 bridgehead atoms. The Bertz CT molecular complexity index is 1390. The quantitative estimate of drug-likeness (QED) is 0.268. The van der Waals surface area contributed by atoms with Crippen LogP contribution in [0.5, 0.6) is 0 Å². The van der Waals surface area contributed by atoms with Gasteiger partial charge in [0, 0.05) is 25.2 Å². The Kier molecular flexibility index (Phi) is 4.50. The minimum atomic E-state index is 0.0397. The first-order valence-corrected chi connectivity index (χ1v) is 12.0. The Balaban J connectivity index is 1.76. The molecule has 5 aromatic rings. The number of hydrogen-bond acceptors (Lipinski definition) is 5. The van der Waals surface area contributed by atoms with Gasteiger partial charge in [-0.1, -0.05) is 45.2 Å². The molecule has 29 heavy (non-hydrogen) atoms. The highest BCUT2D eigenvalue weighted by molar-refractivity contribution is 8.02. The molecule has 5 rings (SSSR count). The molecule has 0 saturated heterocycles. The first kappa shape index (κ1) is 18.8. The smallest absolute Gasteiger partial charge is 0.116 e. The third-order valence-corrected chi connectivity index (χ3v) is 7.90. The molecule has 2 aromatic carbocycles. The van der Waals surface area contributed by atoms with E-state index in [9.17, 15) is 0 Å². The van der Waals surface area contributed by atoms with E-state index in [0.717, 1.165) is 21.5 Å². The van der Waals surface area contributed by atoms with Crippen LogP contribution in [0.4, 0.5) is 0 Å². The normalized spacial score (nSPS) is 12.2. The maximum Gasteiger partial charge on any atom is 0.116 e. The number of nitrogens with zero attached hydrogens (tertiary/aromatic N) is 2. The first-order valence-electron chi connectivity index (χ1n) is 9.42. The lowest BCUT2D eigenvalue weighted by Crippen LogP contribution is -2.12. The average Bonchev–Trinajstić information content (AvgIpc) is 3.29. The van der Waals surface area contributed by atoms with Crippen LogP contribution in [0.25, 0.3) is 41.6 Å². The van der Waals surface area contributed by atoms with Gasteiger partial charge in [-0.25, -0.2) is 9.97 Å². The first-order chi connectivity index (χ1) is 14.0. The van der Waals surface area contributed by atoms with E-state index in [2.05, 4.69) is 74.1 Å². The van der Waals surface area contributed by atoms with Crippen LogP contribution in [-0.4, -0.2) is 9.97 Å². The molecule has 5 heteroatoms. The molecular weight excluding hydrogens is 412 g/mol. The fraction of sp³-hybridized carbons (Fsp3) is 0.167. The van der Waals surface area contributed by atoms with Crippen LogP contribution in [0.15, 0.2) is 65.0 Å². The second-order valence-corrected chi connectivity index (χ2v) is 11.1. The molecule has 0 aliphatic carbocycles. The van der Waals surface area contributed by atoms with E-state index in [-0.39, 0.29) is 5.41 Å². The zero-order chi connectivity index (χ0) is 20.2. The van der Waals surface area contributed by atoms with Gasteiger partial charge < -0.3 is 0 Å². The summed E-state index contributed by atoms with van der Waals surface area (Å²) in [5.74, 6) is 0. The van der Waals surface area contributed by atoms with Gasteiger partial charge in [-0.05, 0) is 57.5 Å². The summed E-state index contributed by atoms with van der Waals surface area (Å²) in [7, 11) is 0. The molecule has 0 radical (unpaired) electrons. The molecule has 0 aliphatic heterocycles. The number of rotatable bonds is 3. The molecule has 0 unspecified atom stereocenters. The lowest BCUT2D eigenvalue weighted by Gasteiger charge is -2.23. The summed E-state index contributed by atoms with van der Waals surface area (Å²) in [6.07, 6.45) is 1.70. The van der Waals surface area contributed by atoms with Gasteiger partial charge in [0.25, 0.3) is 0 Å². The van der Waals surface area contributed by atoms with Crippen LogP contribution in [0.3, 0.4) is 0 Å². The predicted octanol–water partition coefficient (Wildman–Crippen LogP) is 8.26. The Morgan fingerprint density at radius 1 is 1.03 bits per heavy atom. The Morgan fingerprint density at radius 3 is 2.69 bits per heavy atom. The zero-order valence-electron chi connectivity index (χ0n) is 16.5. The van der Waals surface area contributed by atoms with Crippen LogP contribution in [0.2, 0.25) is 0 Å². The second kappa shape index (κ2) is 6.94. The van der Waals surface area contributed by atoms with Crippen molar-refractivity contribution in [1.82, 2.24) is 9.97 Å². The van der Waals surface area contributed by atoms with E-state index < -0.39 is 0 Å². The Morgan fingerprint density at radius 2 is 1.90 bits per heavy atom. The maximum absolute atomic E-state index is 4.70. The van der Waals surface area contributed by atoms with E-state index in [1.54, 1.807) is 40.8 Å². The summed E-state index contributed by atoms with van der Waals surface area (Å²) >= 11 is 5.25. The van der Waals surface area contributed by atoms with E-state index in [4.69, 9.17) is 4.98 Å². The van der Waals surface area contributed by atoms with Crippen molar-refractivity contribution in [2.45, 2.75) is 31.1 Å². The summed E-state index contributed by atoms with van der Waals surface area (Å²) in [6, 6.07) is 13.4. The predicted molar refractivity (Wildman–Crippen MR) is 130 cm³/mol. The van der Waals surface area contributed by atoms with E-state index in [0.29, 0.717) is 0 Å². The minimum Gasteiger partial charge on any atom is -0.235 e. The molecule has 0 aliphatic rings. The fourth-order valence-corrected chi connectivity index (χ4v) is 6.59. The van der Waals surface area contributed by atoms with Gasteiger partial charge in [-0.2, -0.15) is 0 Å². The second-order valence-electron chi connectivity index (χ2n) is 8.05. The summed E-state index contributed by atoms with van der Waals surface area (Å²) in [5, 5.41) is 6.54. The standard InChI is InChI=1S/C24H20N2S3/c1-5-27-18-7-6-15(11-17(18)24(2,3)4)21-23-22(26-13-25-21)16-10-14-8-9-28-19(14)12-20(16)29-23/h5-13H,1H2,2-4H3. The highest BCUT2D eigenvalue weighted by Crippen LogP contribution is 2.42. The number of thioether (sulfide) groups is 1. The van der Waals surface area contributed by atoms with Crippen molar-refractivity contribution in [3.8, 4) is 11.3 Å². The maximum atomic E-state index is 4.70. The number of fused-ring (bicyclic) bond motifs is 4. The van der Waals surface area contributed by atoms with Crippen molar-refractivity contribution in [3.05, 3.63) is 65.7 Å². The van der Waals surface area contributed by atoms with Gasteiger partial charge >= 0.3 is 0 Å². The lowest BCUT2D eigenvalue weighted by atomic mass is 9.85. The Labute approximate surface area is 182 Å². The van der Waals surface area contributed by atoms with Gasteiger partial charge in [-0.3, -0.25) is 0 Å². The minimum absolute atomic E-state index is 0.0397. The van der Waals surface area contributed by atoms with Gasteiger partial charge in [0.2, 0.25) is 0 Å². The molecule has 0 fully saturated rings. The van der Waals surface area contributed by atoms with Crippen molar-refractivity contribution >= 4 is 64.8 Å². The molecule has 0 amide bonds. The van der Waals surface area contributed by atoms with Crippen molar-refractivity contribution in [3.63, 3.8) is 0 Å². The molecule has 3 aromatic heterocycles. The monoisotopic (exact) mass is 432 g/mol. The molecule has 0 atom stereocenters. The van der Waals surface area contributed by atoms with Crippen molar-refractivity contribution in [2.24, 2.45) is 0 Å². The topological polar surface area (TPSA) is 25.8 Å². The van der Waals surface area contributed by atoms with Crippen LogP contribution in [0.1, 0.15) is 26.3 Å². The number of thiophene rings is 2. The fourth-order valence-electron chi connectivity index (χ4n) is 3.69. The van der Waals surface area contributed by atoms with Crippen LogP contribution < -0.4 is 0 Å². The lowest BCUT2D eigenvalue weighted by molar-refractivity contribution is 0.578. The SMILES string of the molecule is C=CSc1ccc(-c2ncnc3c2sc2cc4sccc4cc23)cc1C(C)(C)C. The molecule has 0 N–H and O–H groups in total. The van der Waals surface area contributed by atoms with Gasteiger partial charge in [0.1, 0.15) is 6.33 Å². The van der Waals surface area contributed by atoms with Crippen LogP contribution in [0, 0.1) is 0 Å². The zero-order valence-corrected chi connectivity index (χ0v) is 19.0. The molecule has 2 nitrogen and oxygen atoms in total. The largest absolute Gasteiger partial charge is 0.235 e. The summed E-state index contributed by atoms with van der Waals surface area (Å²) in [4.78, 5) is 10.6. The van der Waals surface area contributed by atoms with E-state index in [1.165, 1.54) is 30.6 Å². The number of hydrogen-bond donors (Lipinski definition) is 0. The van der Waals surface area contributed by atoms with Crippen molar-refractivity contribution in [1.29, 1.82) is 0 Å². The summed E-state index contributed by atoms with van der Waals surface area (Å²) in [5.41, 5.74) is 4.56. The van der Waals surface area contributed by atoms with Gasteiger partial charge in [0.15, 0.2) is 0 Å². The van der Waals surface area contributed by atoms with Crippen molar-refractivity contribution < 1.29 is 0 Å². The molecule has 0 saturated carbocycles.